The summed E-state index contributed by atoms with van der Waals surface area (Å²) < 4.78 is 5.27. The molecule has 0 N–H and O–H groups in total. The van der Waals surface area contributed by atoms with Crippen molar-refractivity contribution < 1.29 is 4.74 Å². The summed E-state index contributed by atoms with van der Waals surface area (Å²) in [6.45, 7) is 0.783. The van der Waals surface area contributed by atoms with Crippen LogP contribution in [0.25, 0.3) is 0 Å². The van der Waals surface area contributed by atoms with Gasteiger partial charge in [0.15, 0.2) is 5.05 Å². The zero-order valence-corrected chi connectivity index (χ0v) is 7.12. The summed E-state index contributed by atoms with van der Waals surface area (Å²) in [6, 6.07) is 0. The lowest BCUT2D eigenvalue weighted by Gasteiger charge is -2.22. The van der Waals surface area contributed by atoms with Gasteiger partial charge < -0.3 is 4.74 Å². The van der Waals surface area contributed by atoms with Crippen molar-refractivity contribution in [2.45, 2.75) is 19.3 Å². The highest BCUT2D eigenvalue weighted by Crippen LogP contribution is 2.26. The van der Waals surface area contributed by atoms with Crippen LogP contribution in [-0.4, -0.2) is 11.7 Å². The van der Waals surface area contributed by atoms with Gasteiger partial charge in [0.25, 0.3) is 0 Å². The summed E-state index contributed by atoms with van der Waals surface area (Å²) >= 11 is 5.07. The van der Waals surface area contributed by atoms with E-state index in [0.29, 0.717) is 5.05 Å². The number of rotatable bonds is 0. The van der Waals surface area contributed by atoms with Crippen LogP contribution in [0.4, 0.5) is 0 Å². The summed E-state index contributed by atoms with van der Waals surface area (Å²) in [6.07, 6.45) is 7.68. The molecule has 0 fully saturated rings. The van der Waals surface area contributed by atoms with Gasteiger partial charge in [0.05, 0.1) is 6.61 Å². The molecule has 2 aliphatic rings. The third-order valence-electron chi connectivity index (χ3n) is 2.14. The van der Waals surface area contributed by atoms with Crippen molar-refractivity contribution >= 4 is 17.3 Å². The fraction of sp³-hybridized carbons (Fsp3) is 0.444. The van der Waals surface area contributed by atoms with Crippen LogP contribution < -0.4 is 0 Å². The third kappa shape index (κ3) is 1.23. The van der Waals surface area contributed by atoms with Gasteiger partial charge in [-0.15, -0.1) is 0 Å². The van der Waals surface area contributed by atoms with Crippen LogP contribution in [0.5, 0.6) is 0 Å². The van der Waals surface area contributed by atoms with Crippen molar-refractivity contribution in [3.63, 3.8) is 0 Å². The lowest BCUT2D eigenvalue weighted by Crippen LogP contribution is -2.16. The maximum absolute atomic E-state index is 5.27. The molecule has 58 valence electrons. The number of hydrogen-bond acceptors (Lipinski definition) is 2. The van der Waals surface area contributed by atoms with Crippen molar-refractivity contribution in [2.24, 2.45) is 0 Å². The Morgan fingerprint density at radius 3 is 3.09 bits per heavy atom. The Labute approximate surface area is 71.7 Å². The van der Waals surface area contributed by atoms with Crippen LogP contribution in [-0.2, 0) is 4.74 Å². The van der Waals surface area contributed by atoms with Gasteiger partial charge in [0.2, 0.25) is 0 Å². The van der Waals surface area contributed by atoms with Gasteiger partial charge in [-0.25, -0.2) is 0 Å². The molecule has 1 nitrogen and oxygen atoms in total. The molecule has 11 heavy (non-hydrogen) atoms. The first-order valence-electron chi connectivity index (χ1n) is 3.93. The van der Waals surface area contributed by atoms with Gasteiger partial charge in [-0.2, -0.15) is 0 Å². The molecule has 0 amide bonds. The minimum Gasteiger partial charge on any atom is -0.483 e. The van der Waals surface area contributed by atoms with E-state index in [1.54, 1.807) is 0 Å². The van der Waals surface area contributed by atoms with Crippen LogP contribution in [0.15, 0.2) is 23.3 Å². The Bertz CT molecular complexity index is 250. The molecule has 0 bridgehead atoms. The van der Waals surface area contributed by atoms with Crippen LogP contribution in [0.1, 0.15) is 19.3 Å². The number of allylic oxidation sites excluding steroid dienone is 1. The summed E-state index contributed by atoms with van der Waals surface area (Å²) in [4.78, 5) is 0. The van der Waals surface area contributed by atoms with Gasteiger partial charge in [-0.05, 0) is 25.1 Å². The Hall–Kier alpha value is -0.630. The Morgan fingerprint density at radius 1 is 1.36 bits per heavy atom. The van der Waals surface area contributed by atoms with E-state index in [0.717, 1.165) is 13.0 Å². The summed E-state index contributed by atoms with van der Waals surface area (Å²) in [5, 5.41) is 0.696. The zero-order valence-electron chi connectivity index (χ0n) is 6.30. The molecule has 0 radical (unpaired) electrons. The molecule has 1 aliphatic heterocycles. The molecule has 0 atom stereocenters. The van der Waals surface area contributed by atoms with E-state index in [2.05, 4.69) is 12.2 Å². The van der Waals surface area contributed by atoms with E-state index in [1.165, 1.54) is 24.0 Å². The minimum atomic E-state index is 0.696. The molecule has 2 heteroatoms. The van der Waals surface area contributed by atoms with E-state index in [-0.39, 0.29) is 0 Å². The second-order valence-electron chi connectivity index (χ2n) is 2.84. The molecule has 0 spiro atoms. The highest BCUT2D eigenvalue weighted by atomic mass is 32.1. The fourth-order valence-electron chi connectivity index (χ4n) is 1.53. The quantitative estimate of drug-likeness (QED) is 0.511. The molecule has 1 heterocycles. The second-order valence-corrected chi connectivity index (χ2v) is 3.21. The molecule has 0 aromatic heterocycles. The number of ether oxygens (including phenoxy) is 1. The Balaban J connectivity index is 2.35. The van der Waals surface area contributed by atoms with Crippen molar-refractivity contribution in [3.05, 3.63) is 23.3 Å². The predicted octanol–water partition coefficient (Wildman–Crippen LogP) is 2.38. The smallest absolute Gasteiger partial charge is 0.191 e. The molecular weight excluding hydrogens is 156 g/mol. The molecule has 0 aromatic rings. The average Bonchev–Trinajstić information content (AvgIpc) is 2.06. The van der Waals surface area contributed by atoms with Gasteiger partial charge >= 0.3 is 0 Å². The van der Waals surface area contributed by atoms with Crippen molar-refractivity contribution in [3.8, 4) is 0 Å². The van der Waals surface area contributed by atoms with Crippen LogP contribution in [0.3, 0.4) is 0 Å². The standard InChI is InChI=1S/C9H10OS/c11-9-8-4-2-1-3-7(8)5-6-10-9/h2,4H,1,3,5-6H2. The normalized spacial score (nSPS) is 23.1. The molecule has 0 unspecified atom stereocenters. The van der Waals surface area contributed by atoms with Gasteiger partial charge in [-0.1, -0.05) is 17.7 Å². The molecule has 1 aliphatic carbocycles. The first-order chi connectivity index (χ1) is 5.38. The molecule has 2 rings (SSSR count). The van der Waals surface area contributed by atoms with E-state index >= 15 is 0 Å². The van der Waals surface area contributed by atoms with Crippen molar-refractivity contribution in [1.29, 1.82) is 0 Å². The molecule has 0 saturated carbocycles. The topological polar surface area (TPSA) is 9.23 Å². The van der Waals surface area contributed by atoms with E-state index in [9.17, 15) is 0 Å². The minimum absolute atomic E-state index is 0.696. The SMILES string of the molecule is S=C1OCCC2=C1C=CCC2. The molecule has 0 saturated heterocycles. The second kappa shape index (κ2) is 2.78. The van der Waals surface area contributed by atoms with E-state index < -0.39 is 0 Å². The average molecular weight is 166 g/mol. The summed E-state index contributed by atoms with van der Waals surface area (Å²) in [7, 11) is 0. The number of thiocarbonyl (C=S) groups is 1. The fourth-order valence-corrected chi connectivity index (χ4v) is 1.82. The maximum Gasteiger partial charge on any atom is 0.191 e. The van der Waals surface area contributed by atoms with Gasteiger partial charge in [-0.3, -0.25) is 0 Å². The highest BCUT2D eigenvalue weighted by Gasteiger charge is 2.17. The largest absolute Gasteiger partial charge is 0.483 e. The van der Waals surface area contributed by atoms with E-state index in [4.69, 9.17) is 17.0 Å². The van der Waals surface area contributed by atoms with Crippen LogP contribution in [0.2, 0.25) is 0 Å². The van der Waals surface area contributed by atoms with Crippen LogP contribution in [0, 0.1) is 0 Å². The maximum atomic E-state index is 5.27. The molecule has 0 aromatic carbocycles. The van der Waals surface area contributed by atoms with Crippen molar-refractivity contribution in [2.75, 3.05) is 6.61 Å². The summed E-state index contributed by atoms with van der Waals surface area (Å²) in [5.41, 5.74) is 2.67. The monoisotopic (exact) mass is 166 g/mol. The first-order valence-corrected chi connectivity index (χ1v) is 4.34. The first kappa shape index (κ1) is 7.04. The highest BCUT2D eigenvalue weighted by molar-refractivity contribution is 7.80. The van der Waals surface area contributed by atoms with Gasteiger partial charge in [0, 0.05) is 12.0 Å². The lowest BCUT2D eigenvalue weighted by atomic mass is 9.94. The third-order valence-corrected chi connectivity index (χ3v) is 2.47. The van der Waals surface area contributed by atoms with Crippen LogP contribution >= 0.6 is 12.2 Å². The van der Waals surface area contributed by atoms with Gasteiger partial charge in [0.1, 0.15) is 0 Å². The number of hydrogen-bond donors (Lipinski definition) is 0. The van der Waals surface area contributed by atoms with E-state index in [1.807, 2.05) is 0 Å². The lowest BCUT2D eigenvalue weighted by molar-refractivity contribution is 0.306. The van der Waals surface area contributed by atoms with Crippen molar-refractivity contribution in [1.82, 2.24) is 0 Å². The Kier molecular flexibility index (Phi) is 1.78. The molecular formula is C9H10OS. The summed E-state index contributed by atoms with van der Waals surface area (Å²) in [5.74, 6) is 0. The predicted molar refractivity (Wildman–Crippen MR) is 48.6 cm³/mol. The zero-order chi connectivity index (χ0) is 7.68. The Morgan fingerprint density at radius 2 is 2.27 bits per heavy atom.